The zero-order chi connectivity index (χ0) is 27.1. The standard InChI is InChI=1S/C30H30N2O6/c1-3-37-29(35)19-9-13-25(14-10-19)31-27(33)23-7-5-22-18-24(8-6-21(22)17-23)28(34)32-26-15-11-20(12-16-26)30(36)38-4-2/h5,7,9-17,24H,3-4,6,8,18H2,1-2H3,(H,31,33)(H,32,34). The lowest BCUT2D eigenvalue weighted by Crippen LogP contribution is -2.28. The van der Waals surface area contributed by atoms with Crippen LogP contribution in [0, 0.1) is 5.92 Å². The van der Waals surface area contributed by atoms with Crippen LogP contribution in [0.2, 0.25) is 0 Å². The highest BCUT2D eigenvalue weighted by atomic mass is 16.5. The van der Waals surface area contributed by atoms with Gasteiger partial charge in [-0.3, -0.25) is 9.59 Å². The minimum atomic E-state index is -0.404. The molecule has 196 valence electrons. The summed E-state index contributed by atoms with van der Waals surface area (Å²) in [5.74, 6) is -1.31. The Balaban J connectivity index is 1.34. The number of ether oxygens (including phenoxy) is 2. The Bertz CT molecular complexity index is 1330. The highest BCUT2D eigenvalue weighted by Gasteiger charge is 2.25. The largest absolute Gasteiger partial charge is 0.462 e. The van der Waals surface area contributed by atoms with E-state index in [0.717, 1.165) is 11.1 Å². The molecule has 1 aliphatic carbocycles. The predicted octanol–water partition coefficient (Wildman–Crippen LogP) is 5.04. The zero-order valence-electron chi connectivity index (χ0n) is 21.4. The molecular weight excluding hydrogens is 484 g/mol. The number of nitrogens with one attached hydrogen (secondary N) is 2. The van der Waals surface area contributed by atoms with Gasteiger partial charge in [0.2, 0.25) is 5.91 Å². The van der Waals surface area contributed by atoms with Crippen molar-refractivity contribution in [2.45, 2.75) is 33.1 Å². The van der Waals surface area contributed by atoms with Gasteiger partial charge in [-0.1, -0.05) is 6.07 Å². The van der Waals surface area contributed by atoms with E-state index < -0.39 is 11.9 Å². The molecule has 8 heteroatoms. The van der Waals surface area contributed by atoms with Crippen LogP contribution in [0.15, 0.2) is 66.7 Å². The van der Waals surface area contributed by atoms with Gasteiger partial charge in [-0.15, -0.1) is 0 Å². The van der Waals surface area contributed by atoms with Crippen molar-refractivity contribution in [2.24, 2.45) is 5.92 Å². The molecule has 0 saturated carbocycles. The summed E-state index contributed by atoms with van der Waals surface area (Å²) in [6.45, 7) is 4.10. The van der Waals surface area contributed by atoms with Gasteiger partial charge in [-0.05, 0) is 105 Å². The summed E-state index contributed by atoms with van der Waals surface area (Å²) < 4.78 is 9.96. The summed E-state index contributed by atoms with van der Waals surface area (Å²) in [4.78, 5) is 49.3. The van der Waals surface area contributed by atoms with Crippen LogP contribution in [0.5, 0.6) is 0 Å². The zero-order valence-corrected chi connectivity index (χ0v) is 21.4. The Morgan fingerprint density at radius 2 is 1.24 bits per heavy atom. The summed E-state index contributed by atoms with van der Waals surface area (Å²) >= 11 is 0. The Labute approximate surface area is 221 Å². The molecule has 0 radical (unpaired) electrons. The lowest BCUT2D eigenvalue weighted by atomic mass is 9.82. The van der Waals surface area contributed by atoms with Gasteiger partial charge < -0.3 is 20.1 Å². The Morgan fingerprint density at radius 1 is 0.711 bits per heavy atom. The number of hydrogen-bond donors (Lipinski definition) is 2. The first-order valence-electron chi connectivity index (χ1n) is 12.7. The molecule has 0 heterocycles. The monoisotopic (exact) mass is 514 g/mol. The number of hydrogen-bond acceptors (Lipinski definition) is 6. The molecule has 1 aliphatic rings. The van der Waals surface area contributed by atoms with Gasteiger partial charge in [0.05, 0.1) is 24.3 Å². The van der Waals surface area contributed by atoms with Crippen LogP contribution >= 0.6 is 0 Å². The van der Waals surface area contributed by atoms with Crippen molar-refractivity contribution in [1.82, 2.24) is 0 Å². The van der Waals surface area contributed by atoms with Crippen LogP contribution in [-0.2, 0) is 27.1 Å². The summed E-state index contributed by atoms with van der Waals surface area (Å²) in [6, 6.07) is 18.7. The minimum Gasteiger partial charge on any atom is -0.462 e. The lowest BCUT2D eigenvalue weighted by molar-refractivity contribution is -0.120. The fourth-order valence-electron chi connectivity index (χ4n) is 4.38. The maximum atomic E-state index is 12.9. The highest BCUT2D eigenvalue weighted by molar-refractivity contribution is 6.04. The number of rotatable bonds is 8. The van der Waals surface area contributed by atoms with Crippen LogP contribution in [0.1, 0.15) is 62.5 Å². The molecule has 8 nitrogen and oxygen atoms in total. The molecule has 0 saturated heterocycles. The molecule has 0 spiro atoms. The third kappa shape index (κ3) is 6.45. The summed E-state index contributed by atoms with van der Waals surface area (Å²) in [7, 11) is 0. The van der Waals surface area contributed by atoms with E-state index in [0.29, 0.717) is 60.5 Å². The Kier molecular flexibility index (Phi) is 8.53. The molecule has 3 aromatic carbocycles. The lowest BCUT2D eigenvalue weighted by Gasteiger charge is -2.24. The van der Waals surface area contributed by atoms with Crippen molar-refractivity contribution < 1.29 is 28.7 Å². The Hall–Kier alpha value is -4.46. The van der Waals surface area contributed by atoms with Gasteiger partial charge in [0.25, 0.3) is 5.91 Å². The second-order valence-electron chi connectivity index (χ2n) is 8.96. The quantitative estimate of drug-likeness (QED) is 0.408. The van der Waals surface area contributed by atoms with Crippen LogP contribution in [0.3, 0.4) is 0 Å². The van der Waals surface area contributed by atoms with Gasteiger partial charge in [-0.2, -0.15) is 0 Å². The van der Waals surface area contributed by atoms with E-state index in [4.69, 9.17) is 9.47 Å². The first kappa shape index (κ1) is 26.6. The summed E-state index contributed by atoms with van der Waals surface area (Å²) in [5, 5.41) is 5.78. The summed E-state index contributed by atoms with van der Waals surface area (Å²) in [5.41, 5.74) is 4.69. The van der Waals surface area contributed by atoms with Crippen molar-refractivity contribution in [2.75, 3.05) is 23.8 Å². The fraction of sp³-hybridized carbons (Fsp3) is 0.267. The molecular formula is C30H30N2O6. The minimum absolute atomic E-state index is 0.0763. The van der Waals surface area contributed by atoms with Crippen LogP contribution in [-0.4, -0.2) is 37.0 Å². The molecule has 0 fully saturated rings. The third-order valence-corrected chi connectivity index (χ3v) is 6.39. The SMILES string of the molecule is CCOC(=O)c1ccc(NC(=O)c2ccc3c(c2)CCC(C(=O)Nc2ccc(C(=O)OCC)cc2)C3)cc1. The van der Waals surface area contributed by atoms with E-state index in [1.165, 1.54) is 0 Å². The van der Waals surface area contributed by atoms with E-state index in [9.17, 15) is 19.2 Å². The van der Waals surface area contributed by atoms with E-state index >= 15 is 0 Å². The van der Waals surface area contributed by atoms with Gasteiger partial charge >= 0.3 is 11.9 Å². The van der Waals surface area contributed by atoms with E-state index in [1.807, 2.05) is 12.1 Å². The average Bonchev–Trinajstić information content (AvgIpc) is 2.93. The molecule has 38 heavy (non-hydrogen) atoms. The molecule has 1 unspecified atom stereocenters. The summed E-state index contributed by atoms with van der Waals surface area (Å²) in [6.07, 6.45) is 1.93. The topological polar surface area (TPSA) is 111 Å². The van der Waals surface area contributed by atoms with Crippen molar-refractivity contribution in [1.29, 1.82) is 0 Å². The number of carbonyl (C=O) groups is 4. The molecule has 0 aliphatic heterocycles. The smallest absolute Gasteiger partial charge is 0.338 e. The van der Waals surface area contributed by atoms with Gasteiger partial charge in [0.15, 0.2) is 0 Å². The van der Waals surface area contributed by atoms with Crippen LogP contribution in [0.4, 0.5) is 11.4 Å². The third-order valence-electron chi connectivity index (χ3n) is 6.39. The van der Waals surface area contributed by atoms with Crippen molar-refractivity contribution in [3.8, 4) is 0 Å². The number of carbonyl (C=O) groups excluding carboxylic acids is 4. The number of benzene rings is 3. The van der Waals surface area contributed by atoms with Crippen molar-refractivity contribution in [3.63, 3.8) is 0 Å². The first-order chi connectivity index (χ1) is 18.4. The molecule has 4 rings (SSSR count). The number of fused-ring (bicyclic) bond motifs is 1. The normalized spacial score (nSPS) is 14.1. The molecule has 2 amide bonds. The molecule has 0 aromatic heterocycles. The fourth-order valence-corrected chi connectivity index (χ4v) is 4.38. The number of aryl methyl sites for hydroxylation is 1. The average molecular weight is 515 g/mol. The second kappa shape index (κ2) is 12.2. The van der Waals surface area contributed by atoms with E-state index in [1.54, 1.807) is 68.4 Å². The first-order valence-corrected chi connectivity index (χ1v) is 12.7. The second-order valence-corrected chi connectivity index (χ2v) is 8.96. The van der Waals surface area contributed by atoms with E-state index in [-0.39, 0.29) is 17.7 Å². The van der Waals surface area contributed by atoms with Gasteiger partial charge in [0.1, 0.15) is 0 Å². The van der Waals surface area contributed by atoms with Gasteiger partial charge in [0, 0.05) is 22.9 Å². The predicted molar refractivity (Wildman–Crippen MR) is 143 cm³/mol. The molecule has 0 bridgehead atoms. The Morgan fingerprint density at radius 3 is 1.79 bits per heavy atom. The highest BCUT2D eigenvalue weighted by Crippen LogP contribution is 2.28. The van der Waals surface area contributed by atoms with Crippen molar-refractivity contribution >= 4 is 35.1 Å². The molecule has 2 N–H and O–H groups in total. The number of amides is 2. The van der Waals surface area contributed by atoms with E-state index in [2.05, 4.69) is 10.6 Å². The number of esters is 2. The van der Waals surface area contributed by atoms with Crippen LogP contribution in [0.25, 0.3) is 0 Å². The maximum Gasteiger partial charge on any atom is 0.338 e. The molecule has 3 aromatic rings. The van der Waals surface area contributed by atoms with Crippen molar-refractivity contribution in [3.05, 3.63) is 94.5 Å². The number of anilines is 2. The van der Waals surface area contributed by atoms with Crippen LogP contribution < -0.4 is 10.6 Å². The molecule has 1 atom stereocenters. The maximum absolute atomic E-state index is 12.9. The van der Waals surface area contributed by atoms with Gasteiger partial charge in [-0.25, -0.2) is 9.59 Å².